The van der Waals surface area contributed by atoms with Crippen LogP contribution in [0, 0.1) is 0 Å². The lowest BCUT2D eigenvalue weighted by atomic mass is 10.0. The summed E-state index contributed by atoms with van der Waals surface area (Å²) in [5, 5.41) is 9.65. The Morgan fingerprint density at radius 3 is 2.21 bits per heavy atom. The highest BCUT2D eigenvalue weighted by molar-refractivity contribution is 7.46. The van der Waals surface area contributed by atoms with Crippen molar-refractivity contribution in [3.63, 3.8) is 0 Å². The molecule has 3 aromatic carbocycles. The third kappa shape index (κ3) is 7.12. The molecule has 0 spiro atoms. The van der Waals surface area contributed by atoms with E-state index in [0.717, 1.165) is 17.2 Å². The zero-order valence-electron chi connectivity index (χ0n) is 20.3. The Kier molecular flexibility index (Phi) is 8.26. The number of rotatable bonds is 10. The molecule has 1 unspecified atom stereocenters. The van der Waals surface area contributed by atoms with Crippen LogP contribution in [0.15, 0.2) is 79.0 Å². The minimum Gasteiger partial charge on any atom is -0.488 e. The average molecular weight is 563 g/mol. The van der Waals surface area contributed by atoms with Gasteiger partial charge in [0.25, 0.3) is 0 Å². The maximum atomic E-state index is 13.9. The van der Waals surface area contributed by atoms with Crippen molar-refractivity contribution in [3.05, 3.63) is 95.9 Å². The van der Waals surface area contributed by atoms with Crippen LogP contribution in [0.5, 0.6) is 5.75 Å². The number of aliphatic hydroxyl groups excluding tert-OH is 1. The van der Waals surface area contributed by atoms with E-state index in [1.165, 1.54) is 18.3 Å². The van der Waals surface area contributed by atoms with Gasteiger partial charge in [-0.05, 0) is 34.9 Å². The first-order valence-electron chi connectivity index (χ1n) is 11.5. The summed E-state index contributed by atoms with van der Waals surface area (Å²) in [5.74, 6) is -0.502. The number of alkyl halides is 3. The van der Waals surface area contributed by atoms with E-state index in [1.807, 2.05) is 42.5 Å². The standard InChI is InChI=1S/C26H25F3N3O6P/c27-26(28,29)21-12-20(22-13-31-24(32-22)25(30,15-33)16-38-39(34,35)36)10-11-23(21)37-14-17-6-8-19(9-7-17)18-4-2-1-3-5-18/h1-13,33H,14-16,30H2,(H,31,32)(H2,34,35,36). The normalized spacial score (nSPS) is 13.7. The fraction of sp³-hybridized carbons (Fsp3) is 0.192. The van der Waals surface area contributed by atoms with E-state index in [4.69, 9.17) is 20.3 Å². The molecule has 0 aliphatic rings. The van der Waals surface area contributed by atoms with Crippen LogP contribution in [-0.2, 0) is 27.4 Å². The number of phosphoric acid groups is 1. The summed E-state index contributed by atoms with van der Waals surface area (Å²) < 4.78 is 62.7. The number of imidazole rings is 1. The third-order valence-corrected chi connectivity index (χ3v) is 6.34. The van der Waals surface area contributed by atoms with Gasteiger partial charge in [0.05, 0.1) is 30.7 Å². The zero-order valence-corrected chi connectivity index (χ0v) is 21.2. The predicted molar refractivity (Wildman–Crippen MR) is 136 cm³/mol. The first-order chi connectivity index (χ1) is 18.4. The Morgan fingerprint density at radius 1 is 0.949 bits per heavy atom. The van der Waals surface area contributed by atoms with Gasteiger partial charge in [-0.2, -0.15) is 13.2 Å². The first kappa shape index (κ1) is 28.5. The molecule has 1 atom stereocenters. The van der Waals surface area contributed by atoms with Crippen LogP contribution in [0.25, 0.3) is 22.4 Å². The molecule has 1 heterocycles. The Hall–Kier alpha value is -3.51. The highest BCUT2D eigenvalue weighted by Gasteiger charge is 2.36. The van der Waals surface area contributed by atoms with E-state index in [9.17, 15) is 22.8 Å². The van der Waals surface area contributed by atoms with Crippen molar-refractivity contribution in [2.45, 2.75) is 18.3 Å². The number of aliphatic hydroxyl groups is 1. The van der Waals surface area contributed by atoms with Gasteiger partial charge in [0.2, 0.25) is 0 Å². The van der Waals surface area contributed by atoms with E-state index >= 15 is 0 Å². The van der Waals surface area contributed by atoms with Gasteiger partial charge in [-0.15, -0.1) is 0 Å². The number of aromatic nitrogens is 2. The lowest BCUT2D eigenvalue weighted by molar-refractivity contribution is -0.139. The molecular weight excluding hydrogens is 538 g/mol. The second-order valence-electron chi connectivity index (χ2n) is 8.78. The van der Waals surface area contributed by atoms with E-state index < -0.39 is 38.3 Å². The first-order valence-corrected chi connectivity index (χ1v) is 13.0. The Balaban J connectivity index is 1.53. The molecule has 0 amide bonds. The number of nitrogens with two attached hydrogens (primary N) is 1. The molecule has 0 bridgehead atoms. The summed E-state index contributed by atoms with van der Waals surface area (Å²) >= 11 is 0. The van der Waals surface area contributed by atoms with Gasteiger partial charge in [0.1, 0.15) is 23.7 Å². The molecule has 0 fully saturated rings. The highest BCUT2D eigenvalue weighted by Crippen LogP contribution is 2.40. The number of nitrogens with one attached hydrogen (secondary N) is 1. The lowest BCUT2D eigenvalue weighted by Gasteiger charge is -2.24. The van der Waals surface area contributed by atoms with Crippen molar-refractivity contribution >= 4 is 7.82 Å². The molecule has 4 aromatic rings. The van der Waals surface area contributed by atoms with Crippen LogP contribution in [-0.4, -0.2) is 38.1 Å². The van der Waals surface area contributed by atoms with Crippen LogP contribution in [0.3, 0.4) is 0 Å². The topological polar surface area (TPSA) is 151 Å². The molecule has 0 aliphatic carbocycles. The molecular formula is C26H25F3N3O6P. The monoisotopic (exact) mass is 563 g/mol. The second kappa shape index (κ2) is 11.3. The zero-order chi connectivity index (χ0) is 28.3. The number of benzene rings is 3. The summed E-state index contributed by atoms with van der Waals surface area (Å²) in [6.45, 7) is -1.70. The number of phosphoric ester groups is 1. The molecule has 206 valence electrons. The molecule has 6 N–H and O–H groups in total. The molecule has 0 aliphatic heterocycles. The number of H-pyrrole nitrogens is 1. The lowest BCUT2D eigenvalue weighted by Crippen LogP contribution is -2.45. The number of nitrogens with zero attached hydrogens (tertiary/aromatic N) is 1. The van der Waals surface area contributed by atoms with E-state index in [0.29, 0.717) is 5.56 Å². The summed E-state index contributed by atoms with van der Waals surface area (Å²) in [6.07, 6.45) is -3.54. The van der Waals surface area contributed by atoms with Crippen LogP contribution in [0.4, 0.5) is 13.2 Å². The quantitative estimate of drug-likeness (QED) is 0.176. The third-order valence-electron chi connectivity index (χ3n) is 5.87. The molecule has 1 aromatic heterocycles. The summed E-state index contributed by atoms with van der Waals surface area (Å²) in [7, 11) is -4.90. The number of ether oxygens (including phenoxy) is 1. The van der Waals surface area contributed by atoms with Crippen molar-refractivity contribution in [1.82, 2.24) is 9.97 Å². The number of hydrogen-bond acceptors (Lipinski definition) is 6. The van der Waals surface area contributed by atoms with Crippen molar-refractivity contribution in [2.75, 3.05) is 13.2 Å². The van der Waals surface area contributed by atoms with Crippen LogP contribution >= 0.6 is 7.82 Å². The van der Waals surface area contributed by atoms with Crippen LogP contribution < -0.4 is 10.5 Å². The van der Waals surface area contributed by atoms with Crippen molar-refractivity contribution in [2.24, 2.45) is 5.73 Å². The summed E-state index contributed by atoms with van der Waals surface area (Å²) in [5.41, 5.74) is 6.00. The fourth-order valence-electron chi connectivity index (χ4n) is 3.74. The maximum Gasteiger partial charge on any atom is 0.469 e. The van der Waals surface area contributed by atoms with Crippen LogP contribution in [0.2, 0.25) is 0 Å². The van der Waals surface area contributed by atoms with Crippen molar-refractivity contribution < 1.29 is 41.9 Å². The largest absolute Gasteiger partial charge is 0.488 e. The Labute approximate surface area is 221 Å². The molecule has 4 rings (SSSR count). The maximum absolute atomic E-state index is 13.9. The minimum absolute atomic E-state index is 0.0858. The molecule has 0 saturated heterocycles. The van der Waals surface area contributed by atoms with Crippen molar-refractivity contribution in [1.29, 1.82) is 0 Å². The minimum atomic E-state index is -4.90. The predicted octanol–water partition coefficient (Wildman–Crippen LogP) is 4.60. The summed E-state index contributed by atoms with van der Waals surface area (Å²) in [4.78, 5) is 24.5. The Morgan fingerprint density at radius 2 is 1.59 bits per heavy atom. The number of aromatic amines is 1. The molecule has 13 heteroatoms. The second-order valence-corrected chi connectivity index (χ2v) is 10.0. The van der Waals surface area contributed by atoms with Crippen molar-refractivity contribution in [3.8, 4) is 28.1 Å². The van der Waals surface area contributed by atoms with E-state index in [1.54, 1.807) is 12.1 Å². The molecule has 0 saturated carbocycles. The van der Waals surface area contributed by atoms with Gasteiger partial charge >= 0.3 is 14.0 Å². The smallest absolute Gasteiger partial charge is 0.469 e. The molecule has 39 heavy (non-hydrogen) atoms. The van der Waals surface area contributed by atoms with E-state index in [-0.39, 0.29) is 29.4 Å². The van der Waals surface area contributed by atoms with Gasteiger partial charge in [-0.3, -0.25) is 4.52 Å². The van der Waals surface area contributed by atoms with Gasteiger partial charge in [0, 0.05) is 5.56 Å². The molecule has 9 nitrogen and oxygen atoms in total. The van der Waals surface area contributed by atoms with Gasteiger partial charge in [-0.1, -0.05) is 54.6 Å². The highest BCUT2D eigenvalue weighted by atomic mass is 31.2. The van der Waals surface area contributed by atoms with E-state index in [2.05, 4.69) is 14.5 Å². The fourth-order valence-corrected chi connectivity index (χ4v) is 4.14. The van der Waals surface area contributed by atoms with Gasteiger partial charge < -0.3 is 30.3 Å². The summed E-state index contributed by atoms with van der Waals surface area (Å²) in [6, 6.07) is 20.4. The number of hydrogen-bond donors (Lipinski definition) is 5. The van der Waals surface area contributed by atoms with Gasteiger partial charge in [-0.25, -0.2) is 9.55 Å². The van der Waals surface area contributed by atoms with Crippen LogP contribution in [0.1, 0.15) is 17.0 Å². The van der Waals surface area contributed by atoms with Gasteiger partial charge in [0.15, 0.2) is 0 Å². The number of halogens is 3. The molecule has 0 radical (unpaired) electrons. The average Bonchev–Trinajstić information content (AvgIpc) is 3.42. The SMILES string of the molecule is NC(CO)(COP(=O)(O)O)c1ncc(-c2ccc(OCc3ccc(-c4ccccc4)cc3)c(C(F)(F)F)c2)[nH]1. The Bertz CT molecular complexity index is 1460.